The van der Waals surface area contributed by atoms with Gasteiger partial charge in [-0.05, 0) is 37.5 Å². The molecule has 0 aliphatic carbocycles. The van der Waals surface area contributed by atoms with E-state index in [2.05, 4.69) is 34.2 Å². The fourth-order valence-corrected chi connectivity index (χ4v) is 4.02. The molecule has 1 saturated heterocycles. The molecule has 1 aromatic carbocycles. The van der Waals surface area contributed by atoms with Crippen molar-refractivity contribution in [1.29, 1.82) is 0 Å². The normalized spacial score (nSPS) is 16.2. The topological polar surface area (TPSA) is 50.4 Å². The van der Waals surface area contributed by atoms with Gasteiger partial charge >= 0.3 is 0 Å². The van der Waals surface area contributed by atoms with Gasteiger partial charge in [0.1, 0.15) is 5.69 Å². The molecule has 134 valence electrons. The molecule has 1 aromatic heterocycles. The van der Waals surface area contributed by atoms with Gasteiger partial charge in [-0.3, -0.25) is 5.10 Å². The van der Waals surface area contributed by atoms with E-state index in [1.807, 2.05) is 6.07 Å². The molecule has 0 amide bonds. The van der Waals surface area contributed by atoms with Gasteiger partial charge in [-0.1, -0.05) is 19.8 Å². The zero-order valence-electron chi connectivity index (χ0n) is 15.2. The molecule has 3 aliphatic rings. The standard InChI is InChI=1S/C20H27N3O2/c1-3-4-5-12-25-16-7-6-15(13-17(16)24-2)19-20-18(21-22-19)14-8-10-23(20)11-9-14/h6-7,13-14H,3-5,8-12H2,1-2H3,(H,21,22). The minimum absolute atomic E-state index is 0.643. The van der Waals surface area contributed by atoms with Crippen LogP contribution >= 0.6 is 0 Å². The van der Waals surface area contributed by atoms with Gasteiger partial charge in [0.15, 0.2) is 11.5 Å². The molecule has 0 atom stereocenters. The first kappa shape index (κ1) is 16.3. The Hall–Kier alpha value is -2.17. The van der Waals surface area contributed by atoms with Crippen molar-refractivity contribution in [1.82, 2.24) is 10.2 Å². The van der Waals surface area contributed by atoms with Crippen LogP contribution in [0.2, 0.25) is 0 Å². The second kappa shape index (κ2) is 6.98. The number of benzene rings is 1. The third-order valence-electron chi connectivity index (χ3n) is 5.43. The van der Waals surface area contributed by atoms with Crippen LogP contribution in [0.5, 0.6) is 11.5 Å². The number of aromatic nitrogens is 2. The van der Waals surface area contributed by atoms with E-state index in [0.29, 0.717) is 5.92 Å². The summed E-state index contributed by atoms with van der Waals surface area (Å²) < 4.78 is 11.5. The number of unbranched alkanes of at least 4 members (excludes halogenated alkanes) is 2. The van der Waals surface area contributed by atoms with Gasteiger partial charge in [0, 0.05) is 24.6 Å². The van der Waals surface area contributed by atoms with Crippen molar-refractivity contribution in [3.05, 3.63) is 23.9 Å². The fourth-order valence-electron chi connectivity index (χ4n) is 4.02. The molecule has 5 rings (SSSR count). The van der Waals surface area contributed by atoms with E-state index >= 15 is 0 Å². The smallest absolute Gasteiger partial charge is 0.161 e. The van der Waals surface area contributed by atoms with Crippen LogP contribution in [0.3, 0.4) is 0 Å². The Morgan fingerprint density at radius 1 is 1.20 bits per heavy atom. The van der Waals surface area contributed by atoms with Crippen molar-refractivity contribution in [3.8, 4) is 22.8 Å². The van der Waals surface area contributed by atoms with Crippen LogP contribution in [0.1, 0.15) is 50.6 Å². The van der Waals surface area contributed by atoms with E-state index in [0.717, 1.165) is 48.9 Å². The highest BCUT2D eigenvalue weighted by Gasteiger charge is 2.35. The highest BCUT2D eigenvalue weighted by atomic mass is 16.5. The quantitative estimate of drug-likeness (QED) is 0.761. The van der Waals surface area contributed by atoms with Crippen molar-refractivity contribution >= 4 is 5.69 Å². The van der Waals surface area contributed by atoms with E-state index in [9.17, 15) is 0 Å². The predicted molar refractivity (Wildman–Crippen MR) is 99.8 cm³/mol. The SMILES string of the molecule is CCCCCOc1ccc(-c2n[nH]c3c2N2CCC3CC2)cc1OC. The molecule has 0 saturated carbocycles. The molecule has 5 heteroatoms. The largest absolute Gasteiger partial charge is 0.493 e. The molecule has 2 aromatic rings. The van der Waals surface area contributed by atoms with E-state index in [1.165, 1.54) is 37.1 Å². The number of aromatic amines is 1. The molecule has 1 fully saturated rings. The number of hydrogen-bond acceptors (Lipinski definition) is 4. The summed E-state index contributed by atoms with van der Waals surface area (Å²) in [6.45, 7) is 5.21. The van der Waals surface area contributed by atoms with Gasteiger partial charge in [0.25, 0.3) is 0 Å². The summed E-state index contributed by atoms with van der Waals surface area (Å²) >= 11 is 0. The highest BCUT2D eigenvalue weighted by molar-refractivity contribution is 5.80. The van der Waals surface area contributed by atoms with Crippen LogP contribution in [-0.2, 0) is 0 Å². The van der Waals surface area contributed by atoms with Gasteiger partial charge in [0.05, 0.1) is 25.1 Å². The fraction of sp³-hybridized carbons (Fsp3) is 0.550. The number of hydrogen-bond donors (Lipinski definition) is 1. The molecule has 25 heavy (non-hydrogen) atoms. The number of piperidine rings is 1. The Balaban J connectivity index is 1.60. The lowest BCUT2D eigenvalue weighted by molar-refractivity contribution is 0.286. The lowest BCUT2D eigenvalue weighted by Gasteiger charge is -2.40. The minimum atomic E-state index is 0.643. The molecular formula is C20H27N3O2. The maximum absolute atomic E-state index is 5.90. The minimum Gasteiger partial charge on any atom is -0.493 e. The van der Waals surface area contributed by atoms with E-state index in [1.54, 1.807) is 7.11 Å². The van der Waals surface area contributed by atoms with Gasteiger partial charge in [0.2, 0.25) is 0 Å². The van der Waals surface area contributed by atoms with Gasteiger partial charge in [-0.15, -0.1) is 0 Å². The lowest BCUT2D eigenvalue weighted by atomic mass is 9.86. The maximum Gasteiger partial charge on any atom is 0.161 e. The second-order valence-corrected chi connectivity index (χ2v) is 7.02. The van der Waals surface area contributed by atoms with E-state index < -0.39 is 0 Å². The van der Waals surface area contributed by atoms with Crippen LogP contribution in [0.25, 0.3) is 11.3 Å². The van der Waals surface area contributed by atoms with Crippen LogP contribution in [0, 0.1) is 0 Å². The first-order valence-corrected chi connectivity index (χ1v) is 9.46. The van der Waals surface area contributed by atoms with Crippen molar-refractivity contribution in [3.63, 3.8) is 0 Å². The van der Waals surface area contributed by atoms with Crippen molar-refractivity contribution < 1.29 is 9.47 Å². The Bertz CT molecular complexity index is 733. The number of nitrogens with one attached hydrogen (secondary N) is 1. The van der Waals surface area contributed by atoms with Gasteiger partial charge in [-0.25, -0.2) is 0 Å². The zero-order chi connectivity index (χ0) is 17.2. The number of rotatable bonds is 7. The maximum atomic E-state index is 5.90. The number of anilines is 1. The average molecular weight is 341 g/mol. The van der Waals surface area contributed by atoms with Gasteiger partial charge < -0.3 is 14.4 Å². The number of nitrogens with zero attached hydrogens (tertiary/aromatic N) is 2. The van der Waals surface area contributed by atoms with Crippen LogP contribution in [-0.4, -0.2) is 37.0 Å². The van der Waals surface area contributed by atoms with Crippen LogP contribution in [0.15, 0.2) is 18.2 Å². The molecule has 2 bridgehead atoms. The summed E-state index contributed by atoms with van der Waals surface area (Å²) in [6.07, 6.45) is 5.94. The Labute approximate surface area is 149 Å². The first-order chi connectivity index (χ1) is 12.3. The van der Waals surface area contributed by atoms with E-state index in [-0.39, 0.29) is 0 Å². The zero-order valence-corrected chi connectivity index (χ0v) is 15.2. The van der Waals surface area contributed by atoms with Crippen LogP contribution in [0.4, 0.5) is 5.69 Å². The number of methoxy groups -OCH3 is 1. The number of fused-ring (bicyclic) bond motifs is 2. The first-order valence-electron chi connectivity index (χ1n) is 9.46. The monoisotopic (exact) mass is 341 g/mol. The second-order valence-electron chi connectivity index (χ2n) is 7.02. The molecule has 5 nitrogen and oxygen atoms in total. The summed E-state index contributed by atoms with van der Waals surface area (Å²) in [5.74, 6) is 2.24. The summed E-state index contributed by atoms with van der Waals surface area (Å²) in [7, 11) is 1.70. The summed E-state index contributed by atoms with van der Waals surface area (Å²) in [4.78, 5) is 2.47. The summed E-state index contributed by atoms with van der Waals surface area (Å²) in [5.41, 5.74) is 4.73. The molecule has 1 N–H and O–H groups in total. The molecule has 0 radical (unpaired) electrons. The molecule has 0 spiro atoms. The predicted octanol–water partition coefficient (Wildman–Crippen LogP) is 4.35. The number of H-pyrrole nitrogens is 1. The molecular weight excluding hydrogens is 314 g/mol. The van der Waals surface area contributed by atoms with Crippen molar-refractivity contribution in [2.75, 3.05) is 31.7 Å². The molecule has 3 aliphatic heterocycles. The van der Waals surface area contributed by atoms with E-state index in [4.69, 9.17) is 9.47 Å². The van der Waals surface area contributed by atoms with Crippen molar-refractivity contribution in [2.24, 2.45) is 0 Å². The lowest BCUT2D eigenvalue weighted by Crippen LogP contribution is -2.38. The van der Waals surface area contributed by atoms with Gasteiger partial charge in [-0.2, -0.15) is 5.10 Å². The average Bonchev–Trinajstić information content (AvgIpc) is 3.14. The number of ether oxygens (including phenoxy) is 2. The summed E-state index contributed by atoms with van der Waals surface area (Å²) in [5, 5.41) is 7.93. The third kappa shape index (κ3) is 2.96. The van der Waals surface area contributed by atoms with Crippen LogP contribution < -0.4 is 14.4 Å². The molecule has 0 unspecified atom stereocenters. The Morgan fingerprint density at radius 2 is 2.04 bits per heavy atom. The Kier molecular flexibility index (Phi) is 4.55. The molecule has 4 heterocycles. The summed E-state index contributed by atoms with van der Waals surface area (Å²) in [6, 6.07) is 6.16. The highest BCUT2D eigenvalue weighted by Crippen LogP contribution is 2.46. The third-order valence-corrected chi connectivity index (χ3v) is 5.43. The Morgan fingerprint density at radius 3 is 2.80 bits per heavy atom. The van der Waals surface area contributed by atoms with Crippen molar-refractivity contribution in [2.45, 2.75) is 44.9 Å².